The maximum absolute atomic E-state index is 12.5. The number of nitrogens with two attached hydrogens (primary N) is 1. The van der Waals surface area contributed by atoms with Crippen LogP contribution in [-0.2, 0) is 0 Å². The van der Waals surface area contributed by atoms with Gasteiger partial charge in [0.15, 0.2) is 5.78 Å². The fraction of sp³-hybridized carbons (Fsp3) is 0.188. The van der Waals surface area contributed by atoms with E-state index in [4.69, 9.17) is 15.2 Å². The first kappa shape index (κ1) is 13.9. The number of hydrogen-bond donors (Lipinski definition) is 1. The fourth-order valence-electron chi connectivity index (χ4n) is 1.91. The van der Waals surface area contributed by atoms with E-state index in [0.717, 1.165) is 0 Å². The Hall–Kier alpha value is -2.49. The van der Waals surface area contributed by atoms with E-state index in [1.165, 1.54) is 0 Å². The first-order chi connectivity index (χ1) is 9.65. The van der Waals surface area contributed by atoms with Gasteiger partial charge in [-0.2, -0.15) is 0 Å². The third-order valence-corrected chi connectivity index (χ3v) is 2.91. The molecule has 0 saturated heterocycles. The van der Waals surface area contributed by atoms with Crippen molar-refractivity contribution >= 4 is 11.5 Å². The number of nitrogen functional groups attached to an aromatic ring is 1. The van der Waals surface area contributed by atoms with Crippen molar-refractivity contribution in [1.82, 2.24) is 0 Å². The Morgan fingerprint density at radius 2 is 1.95 bits per heavy atom. The van der Waals surface area contributed by atoms with E-state index in [-0.39, 0.29) is 5.78 Å². The minimum Gasteiger partial charge on any atom is -0.497 e. The molecule has 104 valence electrons. The number of methoxy groups -OCH3 is 1. The second kappa shape index (κ2) is 6.10. The zero-order valence-corrected chi connectivity index (χ0v) is 11.6. The molecule has 0 aliphatic carbocycles. The van der Waals surface area contributed by atoms with Crippen molar-refractivity contribution in [3.05, 3.63) is 53.6 Å². The number of anilines is 1. The van der Waals surface area contributed by atoms with Crippen LogP contribution in [0.3, 0.4) is 0 Å². The number of ketones is 1. The van der Waals surface area contributed by atoms with Gasteiger partial charge in [-0.25, -0.2) is 0 Å². The molecular formula is C16H17NO3. The zero-order valence-electron chi connectivity index (χ0n) is 11.6. The highest BCUT2D eigenvalue weighted by atomic mass is 16.5. The van der Waals surface area contributed by atoms with Crippen LogP contribution < -0.4 is 15.2 Å². The Kier molecular flexibility index (Phi) is 4.25. The van der Waals surface area contributed by atoms with Crippen molar-refractivity contribution in [3.63, 3.8) is 0 Å². The monoisotopic (exact) mass is 271 g/mol. The number of hydrogen-bond acceptors (Lipinski definition) is 4. The standard InChI is InChI=1S/C16H17NO3/c1-3-20-13-6-4-5-11(9-13)16(18)14-10-12(19-2)7-8-15(14)17/h4-10H,3,17H2,1-2H3. The molecule has 4 heteroatoms. The highest BCUT2D eigenvalue weighted by Crippen LogP contribution is 2.24. The van der Waals surface area contributed by atoms with E-state index < -0.39 is 0 Å². The predicted molar refractivity (Wildman–Crippen MR) is 78.4 cm³/mol. The maximum atomic E-state index is 12.5. The molecule has 0 bridgehead atoms. The molecule has 20 heavy (non-hydrogen) atoms. The maximum Gasteiger partial charge on any atom is 0.195 e. The highest BCUT2D eigenvalue weighted by molar-refractivity contribution is 6.12. The van der Waals surface area contributed by atoms with Gasteiger partial charge in [-0.15, -0.1) is 0 Å². The molecule has 4 nitrogen and oxygen atoms in total. The normalized spacial score (nSPS) is 10.1. The second-order valence-electron chi connectivity index (χ2n) is 4.24. The third-order valence-electron chi connectivity index (χ3n) is 2.91. The average molecular weight is 271 g/mol. The van der Waals surface area contributed by atoms with Gasteiger partial charge >= 0.3 is 0 Å². The molecule has 0 aliphatic heterocycles. The van der Waals surface area contributed by atoms with Crippen LogP contribution in [0.1, 0.15) is 22.8 Å². The Labute approximate surface area is 118 Å². The lowest BCUT2D eigenvalue weighted by Gasteiger charge is -2.09. The molecule has 2 aromatic rings. The molecule has 2 rings (SSSR count). The van der Waals surface area contributed by atoms with Crippen molar-refractivity contribution in [1.29, 1.82) is 0 Å². The Morgan fingerprint density at radius 1 is 1.15 bits per heavy atom. The average Bonchev–Trinajstić information content (AvgIpc) is 2.48. The summed E-state index contributed by atoms with van der Waals surface area (Å²) < 4.78 is 10.5. The molecule has 2 aromatic carbocycles. The Morgan fingerprint density at radius 3 is 2.65 bits per heavy atom. The summed E-state index contributed by atoms with van der Waals surface area (Å²) in [7, 11) is 1.55. The van der Waals surface area contributed by atoms with Crippen LogP contribution in [0.2, 0.25) is 0 Å². The smallest absolute Gasteiger partial charge is 0.195 e. The Bertz CT molecular complexity index is 623. The van der Waals surface area contributed by atoms with Crippen LogP contribution in [0.5, 0.6) is 11.5 Å². The lowest BCUT2D eigenvalue weighted by Crippen LogP contribution is -2.06. The van der Waals surface area contributed by atoms with E-state index in [9.17, 15) is 4.79 Å². The summed E-state index contributed by atoms with van der Waals surface area (Å²) in [6.07, 6.45) is 0. The number of ether oxygens (including phenoxy) is 2. The van der Waals surface area contributed by atoms with E-state index >= 15 is 0 Å². The highest BCUT2D eigenvalue weighted by Gasteiger charge is 2.14. The van der Waals surface area contributed by atoms with Gasteiger partial charge in [0, 0.05) is 16.8 Å². The SMILES string of the molecule is CCOc1cccc(C(=O)c2cc(OC)ccc2N)c1. The van der Waals surface area contributed by atoms with Gasteiger partial charge in [0.1, 0.15) is 11.5 Å². The molecule has 0 radical (unpaired) electrons. The van der Waals surface area contributed by atoms with Gasteiger partial charge in [0.05, 0.1) is 13.7 Å². The van der Waals surface area contributed by atoms with E-state index in [0.29, 0.717) is 34.9 Å². The summed E-state index contributed by atoms with van der Waals surface area (Å²) in [5.74, 6) is 1.12. The van der Waals surface area contributed by atoms with Gasteiger partial charge in [-0.3, -0.25) is 4.79 Å². The molecule has 0 heterocycles. The summed E-state index contributed by atoms with van der Waals surface area (Å²) in [4.78, 5) is 12.5. The van der Waals surface area contributed by atoms with Crippen LogP contribution in [0.25, 0.3) is 0 Å². The van der Waals surface area contributed by atoms with E-state index in [1.54, 1.807) is 43.5 Å². The molecular weight excluding hydrogens is 254 g/mol. The first-order valence-corrected chi connectivity index (χ1v) is 6.36. The third kappa shape index (κ3) is 2.91. The molecule has 0 aliphatic rings. The van der Waals surface area contributed by atoms with Crippen molar-refractivity contribution in [2.24, 2.45) is 0 Å². The number of benzene rings is 2. The summed E-state index contributed by atoms with van der Waals surface area (Å²) >= 11 is 0. The van der Waals surface area contributed by atoms with Crippen LogP contribution in [-0.4, -0.2) is 19.5 Å². The van der Waals surface area contributed by atoms with Gasteiger partial charge in [0.2, 0.25) is 0 Å². The van der Waals surface area contributed by atoms with Crippen LogP contribution in [0.4, 0.5) is 5.69 Å². The van der Waals surface area contributed by atoms with Gasteiger partial charge in [-0.1, -0.05) is 12.1 Å². The molecule has 0 unspecified atom stereocenters. The number of carbonyl (C=O) groups is 1. The largest absolute Gasteiger partial charge is 0.497 e. The zero-order chi connectivity index (χ0) is 14.5. The van der Waals surface area contributed by atoms with Crippen molar-refractivity contribution in [3.8, 4) is 11.5 Å². The first-order valence-electron chi connectivity index (χ1n) is 6.36. The number of carbonyl (C=O) groups excluding carboxylic acids is 1. The number of rotatable bonds is 5. The quantitative estimate of drug-likeness (QED) is 0.671. The van der Waals surface area contributed by atoms with Crippen molar-refractivity contribution in [2.75, 3.05) is 19.5 Å². The van der Waals surface area contributed by atoms with Gasteiger partial charge in [-0.05, 0) is 37.3 Å². The van der Waals surface area contributed by atoms with Crippen LogP contribution in [0, 0.1) is 0 Å². The Balaban J connectivity index is 2.38. The topological polar surface area (TPSA) is 61.5 Å². The molecule has 0 fully saturated rings. The van der Waals surface area contributed by atoms with Crippen LogP contribution in [0.15, 0.2) is 42.5 Å². The summed E-state index contributed by atoms with van der Waals surface area (Å²) in [5, 5.41) is 0. The predicted octanol–water partition coefficient (Wildman–Crippen LogP) is 2.91. The van der Waals surface area contributed by atoms with E-state index in [2.05, 4.69) is 0 Å². The summed E-state index contributed by atoms with van der Waals surface area (Å²) in [6, 6.07) is 12.1. The molecule has 0 atom stereocenters. The second-order valence-corrected chi connectivity index (χ2v) is 4.24. The van der Waals surface area contributed by atoms with E-state index in [1.807, 2.05) is 13.0 Å². The molecule has 0 saturated carbocycles. The van der Waals surface area contributed by atoms with Crippen LogP contribution >= 0.6 is 0 Å². The minimum absolute atomic E-state index is 0.150. The summed E-state index contributed by atoms with van der Waals surface area (Å²) in [6.45, 7) is 2.45. The summed E-state index contributed by atoms with van der Waals surface area (Å²) in [5.41, 5.74) is 7.27. The minimum atomic E-state index is -0.150. The van der Waals surface area contributed by atoms with Crippen molar-refractivity contribution in [2.45, 2.75) is 6.92 Å². The lowest BCUT2D eigenvalue weighted by atomic mass is 10.0. The van der Waals surface area contributed by atoms with Gasteiger partial charge in [0.25, 0.3) is 0 Å². The van der Waals surface area contributed by atoms with Gasteiger partial charge < -0.3 is 15.2 Å². The lowest BCUT2D eigenvalue weighted by molar-refractivity contribution is 0.103. The van der Waals surface area contributed by atoms with Crippen molar-refractivity contribution < 1.29 is 14.3 Å². The molecule has 0 amide bonds. The molecule has 2 N–H and O–H groups in total. The fourth-order valence-corrected chi connectivity index (χ4v) is 1.91. The molecule has 0 spiro atoms. The molecule has 0 aromatic heterocycles.